The third-order valence-electron chi connectivity index (χ3n) is 4.28. The number of nitrogen functional groups attached to an aromatic ring is 1. The molecule has 1 saturated heterocycles. The fraction of sp³-hybridized carbons (Fsp3) is 0.353. The first-order valence-electron chi connectivity index (χ1n) is 8.26. The molecule has 10 nitrogen and oxygen atoms in total. The maximum Gasteiger partial charge on any atom is 0.351 e. The van der Waals surface area contributed by atoms with Crippen LogP contribution in [0.4, 0.5) is 5.82 Å². The molecule has 0 unspecified atom stereocenters. The number of esters is 1. The lowest BCUT2D eigenvalue weighted by molar-refractivity contribution is -0.0362. The van der Waals surface area contributed by atoms with E-state index in [1.54, 1.807) is 43.5 Å². The lowest BCUT2D eigenvalue weighted by Gasteiger charge is -2.17. The molecule has 1 aliphatic rings. The van der Waals surface area contributed by atoms with Crippen LogP contribution in [0.2, 0.25) is 0 Å². The van der Waals surface area contributed by atoms with Crippen LogP contribution in [0.1, 0.15) is 28.6 Å². The van der Waals surface area contributed by atoms with Crippen molar-refractivity contribution in [3.05, 3.63) is 68.6 Å². The number of benzene rings is 1. The van der Waals surface area contributed by atoms with Crippen molar-refractivity contribution in [2.45, 2.75) is 31.7 Å². The van der Waals surface area contributed by atoms with Gasteiger partial charge < -0.3 is 15.2 Å². The lowest BCUT2D eigenvalue weighted by Crippen LogP contribution is -2.29. The Bertz CT molecular complexity index is 938. The van der Waals surface area contributed by atoms with Gasteiger partial charge in [0.25, 0.3) is 0 Å². The Balaban J connectivity index is 1.74. The fourth-order valence-corrected chi connectivity index (χ4v) is 2.82. The van der Waals surface area contributed by atoms with E-state index in [4.69, 9.17) is 20.7 Å². The van der Waals surface area contributed by atoms with E-state index in [2.05, 4.69) is 15.0 Å². The monoisotopic (exact) mass is 370 g/mol. The second kappa shape index (κ2) is 7.90. The van der Waals surface area contributed by atoms with Gasteiger partial charge in [-0.25, -0.2) is 9.59 Å². The van der Waals surface area contributed by atoms with Crippen LogP contribution >= 0.6 is 0 Å². The Kier molecular flexibility index (Phi) is 5.39. The standard InChI is InChI=1S/C17H18N6O4/c1-10-8-23(17(25)20-15(10)18)14-7-12(21-22-19)13(27-14)9-26-16(24)11-5-3-2-4-6-11/h2-6,8,12-14H,7,9H2,1H3,(H2,18,20,25)/t12-,13+,14+/m1/s1. The van der Waals surface area contributed by atoms with Gasteiger partial charge >= 0.3 is 11.7 Å². The van der Waals surface area contributed by atoms with Gasteiger partial charge in [0.15, 0.2) is 0 Å². The Morgan fingerprint density at radius 2 is 2.22 bits per heavy atom. The summed E-state index contributed by atoms with van der Waals surface area (Å²) in [6, 6.07) is 7.92. The third kappa shape index (κ3) is 4.08. The molecule has 0 saturated carbocycles. The molecule has 3 rings (SSSR count). The van der Waals surface area contributed by atoms with E-state index >= 15 is 0 Å². The zero-order valence-corrected chi connectivity index (χ0v) is 14.6. The van der Waals surface area contributed by atoms with Crippen molar-refractivity contribution in [3.63, 3.8) is 0 Å². The number of hydrogen-bond acceptors (Lipinski definition) is 7. The molecule has 10 heteroatoms. The van der Waals surface area contributed by atoms with Crippen molar-refractivity contribution in [1.82, 2.24) is 9.55 Å². The van der Waals surface area contributed by atoms with Crippen molar-refractivity contribution in [2.75, 3.05) is 12.3 Å². The molecule has 3 atom stereocenters. The molecule has 1 aromatic carbocycles. The molecule has 0 bridgehead atoms. The summed E-state index contributed by atoms with van der Waals surface area (Å²) in [6.45, 7) is 1.61. The molecule has 2 heterocycles. The molecule has 0 radical (unpaired) electrons. The average Bonchev–Trinajstić information content (AvgIpc) is 3.06. The van der Waals surface area contributed by atoms with Gasteiger partial charge in [0.2, 0.25) is 0 Å². The number of nitrogens with two attached hydrogens (primary N) is 1. The summed E-state index contributed by atoms with van der Waals surface area (Å²) in [5, 5.41) is 3.70. The first kappa shape index (κ1) is 18.4. The van der Waals surface area contributed by atoms with Crippen molar-refractivity contribution in [3.8, 4) is 0 Å². The molecule has 0 aliphatic carbocycles. The minimum atomic E-state index is -0.694. The van der Waals surface area contributed by atoms with E-state index < -0.39 is 30.0 Å². The molecule has 1 aromatic heterocycles. The van der Waals surface area contributed by atoms with Gasteiger partial charge in [-0.05, 0) is 24.6 Å². The number of ether oxygens (including phenoxy) is 2. The first-order valence-corrected chi connectivity index (χ1v) is 8.26. The number of aryl methyl sites for hydroxylation is 1. The number of carbonyl (C=O) groups is 1. The summed E-state index contributed by atoms with van der Waals surface area (Å²) in [5.41, 5.74) is 14.9. The van der Waals surface area contributed by atoms with Gasteiger partial charge in [-0.15, -0.1) is 0 Å². The van der Waals surface area contributed by atoms with Crippen LogP contribution in [0.3, 0.4) is 0 Å². The van der Waals surface area contributed by atoms with E-state index in [0.29, 0.717) is 11.1 Å². The topological polar surface area (TPSA) is 145 Å². The van der Waals surface area contributed by atoms with E-state index in [0.717, 1.165) is 0 Å². The van der Waals surface area contributed by atoms with Gasteiger partial charge in [0, 0.05) is 23.1 Å². The normalized spacial score (nSPS) is 21.4. The maximum absolute atomic E-state index is 12.1. The Labute approximate surface area is 154 Å². The van der Waals surface area contributed by atoms with Crippen LogP contribution in [0, 0.1) is 6.92 Å². The largest absolute Gasteiger partial charge is 0.459 e. The molecular formula is C17H18N6O4. The van der Waals surface area contributed by atoms with Crippen molar-refractivity contribution >= 4 is 11.8 Å². The van der Waals surface area contributed by atoms with Crippen LogP contribution in [-0.2, 0) is 9.47 Å². The lowest BCUT2D eigenvalue weighted by atomic mass is 10.1. The van der Waals surface area contributed by atoms with Crippen LogP contribution in [0.25, 0.3) is 10.4 Å². The minimum Gasteiger partial charge on any atom is -0.459 e. The Morgan fingerprint density at radius 3 is 2.93 bits per heavy atom. The van der Waals surface area contributed by atoms with Crippen LogP contribution in [0.15, 0.2) is 46.4 Å². The number of anilines is 1. The average molecular weight is 370 g/mol. The van der Waals surface area contributed by atoms with E-state index in [1.807, 2.05) is 0 Å². The van der Waals surface area contributed by atoms with E-state index in [-0.39, 0.29) is 18.8 Å². The minimum absolute atomic E-state index is 0.107. The number of carbonyl (C=O) groups excluding carboxylic acids is 1. The van der Waals surface area contributed by atoms with Gasteiger partial charge in [0.1, 0.15) is 24.8 Å². The molecule has 0 amide bonds. The summed E-state index contributed by atoms with van der Waals surface area (Å²) in [7, 11) is 0. The van der Waals surface area contributed by atoms with Crippen molar-refractivity contribution in [2.24, 2.45) is 5.11 Å². The van der Waals surface area contributed by atoms with Gasteiger partial charge in [-0.2, -0.15) is 4.98 Å². The summed E-state index contributed by atoms with van der Waals surface area (Å²) < 4.78 is 12.4. The van der Waals surface area contributed by atoms with Gasteiger partial charge in [-0.3, -0.25) is 4.57 Å². The molecule has 140 valence electrons. The highest BCUT2D eigenvalue weighted by Gasteiger charge is 2.37. The molecule has 27 heavy (non-hydrogen) atoms. The number of aromatic nitrogens is 2. The highest BCUT2D eigenvalue weighted by molar-refractivity contribution is 5.89. The molecule has 1 fully saturated rings. The second-order valence-corrected chi connectivity index (χ2v) is 6.10. The Hall–Kier alpha value is -3.36. The number of hydrogen-bond donors (Lipinski definition) is 1. The zero-order chi connectivity index (χ0) is 19.4. The van der Waals surface area contributed by atoms with Crippen molar-refractivity contribution in [1.29, 1.82) is 0 Å². The van der Waals surface area contributed by atoms with Crippen LogP contribution in [0.5, 0.6) is 0 Å². The molecule has 2 N–H and O–H groups in total. The Morgan fingerprint density at radius 1 is 1.48 bits per heavy atom. The predicted molar refractivity (Wildman–Crippen MR) is 95.8 cm³/mol. The first-order chi connectivity index (χ1) is 13.0. The van der Waals surface area contributed by atoms with Crippen LogP contribution < -0.4 is 11.4 Å². The fourth-order valence-electron chi connectivity index (χ4n) is 2.82. The zero-order valence-electron chi connectivity index (χ0n) is 14.6. The highest BCUT2D eigenvalue weighted by Crippen LogP contribution is 2.30. The number of rotatable bonds is 5. The smallest absolute Gasteiger partial charge is 0.351 e. The number of azide groups is 1. The second-order valence-electron chi connectivity index (χ2n) is 6.10. The quantitative estimate of drug-likeness (QED) is 0.368. The highest BCUT2D eigenvalue weighted by atomic mass is 16.6. The molecular weight excluding hydrogens is 352 g/mol. The SMILES string of the molecule is Cc1cn([C@@H]2C[C@@H](N=[N+]=[N-])[C@H](COC(=O)c3ccccc3)O2)c(=O)nc1N. The third-order valence-corrected chi connectivity index (χ3v) is 4.28. The predicted octanol–water partition coefficient (Wildman–Crippen LogP) is 1.96. The van der Waals surface area contributed by atoms with E-state index in [9.17, 15) is 9.59 Å². The molecule has 2 aromatic rings. The summed E-state index contributed by atoms with van der Waals surface area (Å²) in [6.07, 6.45) is 0.423. The van der Waals surface area contributed by atoms with Gasteiger partial charge in [0.05, 0.1) is 11.6 Å². The summed E-state index contributed by atoms with van der Waals surface area (Å²) in [5.74, 6) is -0.362. The maximum atomic E-state index is 12.1. The van der Waals surface area contributed by atoms with E-state index in [1.165, 1.54) is 4.57 Å². The summed E-state index contributed by atoms with van der Waals surface area (Å²) >= 11 is 0. The van der Waals surface area contributed by atoms with Gasteiger partial charge in [-0.1, -0.05) is 23.3 Å². The number of nitrogens with zero attached hydrogens (tertiary/aromatic N) is 5. The van der Waals surface area contributed by atoms with Crippen LogP contribution in [-0.4, -0.2) is 34.3 Å². The summed E-state index contributed by atoms with van der Waals surface area (Å²) in [4.78, 5) is 30.8. The molecule has 1 aliphatic heterocycles. The molecule has 0 spiro atoms. The van der Waals surface area contributed by atoms with Crippen molar-refractivity contribution < 1.29 is 14.3 Å².